The van der Waals surface area contributed by atoms with E-state index in [1.165, 1.54) is 92.3 Å². The van der Waals surface area contributed by atoms with Crippen molar-refractivity contribution >= 4 is 86.7 Å². The van der Waals surface area contributed by atoms with Crippen molar-refractivity contribution < 1.29 is 0 Å². The van der Waals surface area contributed by atoms with E-state index in [4.69, 9.17) is 0 Å². The predicted molar refractivity (Wildman–Crippen MR) is 203 cm³/mol. The predicted octanol–water partition coefficient (Wildman–Crippen LogP) is 12.5. The van der Waals surface area contributed by atoms with Gasteiger partial charge in [-0.05, 0) is 68.6 Å². The molecule has 2 nitrogen and oxygen atoms in total. The van der Waals surface area contributed by atoms with Gasteiger partial charge in [-0.1, -0.05) is 146 Å². The van der Waals surface area contributed by atoms with Crippen molar-refractivity contribution in [2.24, 2.45) is 0 Å². The van der Waals surface area contributed by atoms with E-state index in [9.17, 15) is 0 Å². The molecule has 0 aliphatic carbocycles. The van der Waals surface area contributed by atoms with Crippen molar-refractivity contribution in [1.82, 2.24) is 9.13 Å². The third-order valence-electron chi connectivity index (χ3n) is 10.5. The van der Waals surface area contributed by atoms with E-state index in [-0.39, 0.29) is 6.17 Å². The van der Waals surface area contributed by atoms with Gasteiger partial charge in [-0.15, -0.1) is 0 Å². The van der Waals surface area contributed by atoms with Crippen LogP contribution in [-0.2, 0) is 0 Å². The highest BCUT2D eigenvalue weighted by molar-refractivity contribution is 6.26. The highest BCUT2D eigenvalue weighted by Gasteiger charge is 2.26. The average molecular weight is 601 g/mol. The molecule has 0 bridgehead atoms. The van der Waals surface area contributed by atoms with Gasteiger partial charge in [-0.25, -0.2) is 0 Å². The molecule has 0 spiro atoms. The molecule has 0 saturated heterocycles. The first kappa shape index (κ1) is 26.4. The maximum atomic E-state index is 2.64. The molecule has 0 saturated carbocycles. The molecule has 0 unspecified atom stereocenters. The summed E-state index contributed by atoms with van der Waals surface area (Å²) in [5.41, 5.74) is 6.29. The zero-order valence-corrected chi connectivity index (χ0v) is 26.4. The fourth-order valence-corrected chi connectivity index (χ4v) is 8.53. The second kappa shape index (κ2) is 9.82. The lowest BCUT2D eigenvalue weighted by Gasteiger charge is -2.19. The van der Waals surface area contributed by atoms with Gasteiger partial charge < -0.3 is 9.13 Å². The van der Waals surface area contributed by atoms with Crippen LogP contribution in [0.5, 0.6) is 0 Å². The summed E-state index contributed by atoms with van der Waals surface area (Å²) in [5, 5.41) is 15.1. The van der Waals surface area contributed by atoms with Crippen LogP contribution in [0.15, 0.2) is 152 Å². The van der Waals surface area contributed by atoms with Crippen molar-refractivity contribution in [2.45, 2.75) is 20.0 Å². The molecule has 7 aromatic carbocycles. The number of hydrogen-bond donors (Lipinski definition) is 0. The van der Waals surface area contributed by atoms with E-state index in [0.717, 1.165) is 0 Å². The number of rotatable bonds is 0. The number of benzene rings is 7. The first-order chi connectivity index (χ1) is 23.2. The molecule has 2 aromatic heterocycles. The Balaban J connectivity index is 1.67. The maximum absolute atomic E-state index is 2.64. The van der Waals surface area contributed by atoms with Crippen LogP contribution in [0, 0.1) is 6.92 Å². The van der Waals surface area contributed by atoms with E-state index >= 15 is 0 Å². The van der Waals surface area contributed by atoms with Crippen LogP contribution >= 0.6 is 0 Å². The number of para-hydroxylation sites is 2. The first-order valence-electron chi connectivity index (χ1n) is 16.5. The normalized spacial score (nSPS) is 14.0. The molecular formula is C45H32N2. The van der Waals surface area contributed by atoms with Gasteiger partial charge in [0, 0.05) is 21.5 Å². The Morgan fingerprint density at radius 1 is 0.319 bits per heavy atom. The lowest BCUT2D eigenvalue weighted by Crippen LogP contribution is -2.10. The highest BCUT2D eigenvalue weighted by atomic mass is 15.2. The van der Waals surface area contributed by atoms with Crippen molar-refractivity contribution in [3.63, 3.8) is 0 Å². The summed E-state index contributed by atoms with van der Waals surface area (Å²) in [6, 6.07) is 56.4. The summed E-state index contributed by atoms with van der Waals surface area (Å²) >= 11 is 0. The Kier molecular flexibility index (Phi) is 5.51. The molecule has 1 aliphatic rings. The molecule has 222 valence electrons. The van der Waals surface area contributed by atoms with Gasteiger partial charge in [0.15, 0.2) is 0 Å². The minimum atomic E-state index is 0.000693. The summed E-state index contributed by atoms with van der Waals surface area (Å²) < 4.78 is 5.26. The van der Waals surface area contributed by atoms with Crippen LogP contribution < -0.4 is 0 Å². The molecule has 0 fully saturated rings. The lowest BCUT2D eigenvalue weighted by atomic mass is 9.99. The standard InChI is InChI=1S/C45H32N2/c1-28-14-13-24-39-35-20-8-4-17-32(35)33-18-6-10-22-37(33)41-27-26-40-36-21-9-5-16-31(36)30-15-3-7-19-34(30)38-23-11-12-25-42(38)46-29(2)47(43(28)39)45(41)44(40)46/h3-27,29H,1-2H3/t29-/m0/s1. The quantitative estimate of drug-likeness (QED) is 0.164. The maximum Gasteiger partial charge on any atom is 0.108 e. The smallest absolute Gasteiger partial charge is 0.108 e. The van der Waals surface area contributed by atoms with Gasteiger partial charge >= 0.3 is 0 Å². The van der Waals surface area contributed by atoms with Gasteiger partial charge in [-0.2, -0.15) is 0 Å². The van der Waals surface area contributed by atoms with Crippen LogP contribution in [0.4, 0.5) is 0 Å². The minimum absolute atomic E-state index is 0.000693. The van der Waals surface area contributed by atoms with Crippen molar-refractivity contribution in [3.8, 4) is 0 Å². The molecule has 0 N–H and O–H groups in total. The van der Waals surface area contributed by atoms with Gasteiger partial charge in [0.05, 0.1) is 22.1 Å². The molecule has 0 radical (unpaired) electrons. The highest BCUT2D eigenvalue weighted by Crippen LogP contribution is 2.44. The molecule has 9 aromatic rings. The zero-order valence-electron chi connectivity index (χ0n) is 26.4. The Morgan fingerprint density at radius 2 is 0.660 bits per heavy atom. The Bertz CT molecular complexity index is 2940. The Hall–Kier alpha value is -5.86. The fraction of sp³-hybridized carbons (Fsp3) is 0.0667. The summed E-state index contributed by atoms with van der Waals surface area (Å²) in [6.07, 6.45) is 0.000693. The van der Waals surface area contributed by atoms with Crippen molar-refractivity contribution in [2.75, 3.05) is 0 Å². The lowest BCUT2D eigenvalue weighted by molar-refractivity contribution is 0.544. The van der Waals surface area contributed by atoms with Crippen molar-refractivity contribution in [3.05, 3.63) is 157 Å². The monoisotopic (exact) mass is 600 g/mol. The molecule has 10 rings (SSSR count). The van der Waals surface area contributed by atoms with Gasteiger partial charge in [0.2, 0.25) is 0 Å². The van der Waals surface area contributed by atoms with Gasteiger partial charge in [0.25, 0.3) is 0 Å². The largest absolute Gasteiger partial charge is 0.317 e. The van der Waals surface area contributed by atoms with Crippen LogP contribution in [0.2, 0.25) is 0 Å². The third kappa shape index (κ3) is 3.56. The number of fused-ring (bicyclic) bond motifs is 14. The van der Waals surface area contributed by atoms with Crippen LogP contribution in [-0.4, -0.2) is 9.13 Å². The van der Waals surface area contributed by atoms with E-state index in [1.807, 2.05) is 0 Å². The average Bonchev–Trinajstić information content (AvgIpc) is 3.45. The second-order valence-corrected chi connectivity index (χ2v) is 12.9. The SMILES string of the molecule is Cc1cccc2c3ccccc3c3ccccc3c3ccc4c5ccccc5c5ccccc5c5ccccc5n5c4c3n(c12)[C@H]5C. The van der Waals surface area contributed by atoms with Gasteiger partial charge in [-0.3, -0.25) is 0 Å². The minimum Gasteiger partial charge on any atom is -0.317 e. The first-order valence-corrected chi connectivity index (χ1v) is 16.5. The molecule has 0 amide bonds. The number of aromatic nitrogens is 2. The third-order valence-corrected chi connectivity index (χ3v) is 10.5. The molecule has 1 aliphatic heterocycles. The number of hydrogen-bond acceptors (Lipinski definition) is 0. The summed E-state index contributed by atoms with van der Waals surface area (Å²) in [4.78, 5) is 0. The summed E-state index contributed by atoms with van der Waals surface area (Å²) in [5.74, 6) is 0. The van der Waals surface area contributed by atoms with Gasteiger partial charge in [0.1, 0.15) is 6.17 Å². The Labute approximate surface area is 272 Å². The summed E-state index contributed by atoms with van der Waals surface area (Å²) in [7, 11) is 0. The van der Waals surface area contributed by atoms with E-state index in [1.54, 1.807) is 0 Å². The van der Waals surface area contributed by atoms with Crippen LogP contribution in [0.3, 0.4) is 0 Å². The zero-order chi connectivity index (χ0) is 31.2. The van der Waals surface area contributed by atoms with E-state index < -0.39 is 0 Å². The fourth-order valence-electron chi connectivity index (χ4n) is 8.53. The molecule has 3 heterocycles. The van der Waals surface area contributed by atoms with E-state index in [0.29, 0.717) is 0 Å². The molecular weight excluding hydrogens is 569 g/mol. The number of aryl methyl sites for hydroxylation is 1. The van der Waals surface area contributed by atoms with E-state index in [2.05, 4.69) is 175 Å². The molecule has 2 heteroatoms. The second-order valence-electron chi connectivity index (χ2n) is 12.9. The Morgan fingerprint density at radius 3 is 1.15 bits per heavy atom. The van der Waals surface area contributed by atoms with Crippen LogP contribution in [0.1, 0.15) is 18.7 Å². The molecule has 47 heavy (non-hydrogen) atoms. The van der Waals surface area contributed by atoms with Crippen molar-refractivity contribution in [1.29, 1.82) is 0 Å². The van der Waals surface area contributed by atoms with Crippen LogP contribution in [0.25, 0.3) is 86.7 Å². The molecule has 1 atom stereocenters. The number of nitrogens with zero attached hydrogens (tertiary/aromatic N) is 2. The topological polar surface area (TPSA) is 9.86 Å². The summed E-state index contributed by atoms with van der Waals surface area (Å²) in [6.45, 7) is 4.65.